The van der Waals surface area contributed by atoms with Crippen LogP contribution in [0.2, 0.25) is 0 Å². The highest BCUT2D eigenvalue weighted by Crippen LogP contribution is 2.36. The number of benzene rings is 1. The second-order valence-corrected chi connectivity index (χ2v) is 8.64. The Morgan fingerprint density at radius 1 is 0.778 bits per heavy atom. The van der Waals surface area contributed by atoms with E-state index in [2.05, 4.69) is 16.0 Å². The van der Waals surface area contributed by atoms with Gasteiger partial charge in [0.05, 0.1) is 17.5 Å². The fraction of sp³-hybridized carbons (Fsp3) is 0.636. The van der Waals surface area contributed by atoms with E-state index in [1.807, 2.05) is 0 Å². The summed E-state index contributed by atoms with van der Waals surface area (Å²) >= 11 is 0. The van der Waals surface area contributed by atoms with Gasteiger partial charge in [-0.15, -0.1) is 0 Å². The third-order valence-corrected chi connectivity index (χ3v) is 5.76. The first-order valence-corrected chi connectivity index (χ1v) is 11.2. The van der Waals surface area contributed by atoms with Crippen molar-refractivity contribution in [1.29, 1.82) is 0 Å². The van der Waals surface area contributed by atoms with E-state index in [9.17, 15) is 49.1 Å². The maximum Gasteiger partial charge on any atom is 0.416 e. The van der Waals surface area contributed by atoms with Crippen LogP contribution in [0.5, 0.6) is 0 Å². The highest BCUT2D eigenvalue weighted by atomic mass is 19.4. The number of hydrogen-bond acceptors (Lipinski definition) is 3. The average molecular weight is 535 g/mol. The molecule has 0 spiro atoms. The van der Waals surface area contributed by atoms with Gasteiger partial charge < -0.3 is 16.0 Å². The van der Waals surface area contributed by atoms with E-state index in [1.54, 1.807) is 0 Å². The zero-order valence-electron chi connectivity index (χ0n) is 19.0. The molecule has 1 aromatic carbocycles. The minimum Gasteiger partial charge on any atom is -0.355 e. The molecule has 1 aliphatic rings. The summed E-state index contributed by atoms with van der Waals surface area (Å²) in [6, 6.07) is 0.793. The minimum absolute atomic E-state index is 0.0260. The van der Waals surface area contributed by atoms with Crippen molar-refractivity contribution >= 4 is 11.8 Å². The smallest absolute Gasteiger partial charge is 0.355 e. The van der Waals surface area contributed by atoms with Gasteiger partial charge in [-0.05, 0) is 49.8 Å². The van der Waals surface area contributed by atoms with Crippen LogP contribution in [0.4, 0.5) is 39.5 Å². The molecule has 0 aromatic heterocycles. The number of carbonyl (C=O) groups excluding carboxylic acids is 2. The van der Waals surface area contributed by atoms with Crippen molar-refractivity contribution in [1.82, 2.24) is 16.0 Å². The normalized spacial score (nSPS) is 19.1. The third-order valence-electron chi connectivity index (χ3n) is 5.76. The Balaban J connectivity index is 1.75. The Kier molecular flexibility index (Phi) is 10.0. The molecule has 0 heterocycles. The van der Waals surface area contributed by atoms with Crippen molar-refractivity contribution < 1.29 is 49.1 Å². The van der Waals surface area contributed by atoms with Gasteiger partial charge in [0.2, 0.25) is 5.91 Å². The van der Waals surface area contributed by atoms with E-state index in [1.165, 1.54) is 0 Å². The molecular weight excluding hydrogens is 509 g/mol. The molecule has 1 aliphatic carbocycles. The molecule has 36 heavy (non-hydrogen) atoms. The predicted molar refractivity (Wildman–Crippen MR) is 111 cm³/mol. The molecule has 0 aliphatic heterocycles. The lowest BCUT2D eigenvalue weighted by Crippen LogP contribution is -2.40. The Bertz CT molecular complexity index is 858. The highest BCUT2D eigenvalue weighted by Gasteiger charge is 2.37. The zero-order valence-corrected chi connectivity index (χ0v) is 19.0. The molecule has 0 atom stereocenters. The molecule has 2 rings (SSSR count). The monoisotopic (exact) mass is 535 g/mol. The molecule has 0 bridgehead atoms. The lowest BCUT2D eigenvalue weighted by Gasteiger charge is -2.29. The summed E-state index contributed by atoms with van der Waals surface area (Å²) in [5, 5.41) is 7.96. The number of alkyl halides is 9. The molecule has 5 nitrogen and oxygen atoms in total. The highest BCUT2D eigenvalue weighted by molar-refractivity contribution is 5.94. The van der Waals surface area contributed by atoms with Gasteiger partial charge in [-0.25, -0.2) is 0 Å². The molecule has 0 radical (unpaired) electrons. The number of amides is 2. The number of halogens is 9. The van der Waals surface area contributed by atoms with Crippen LogP contribution >= 0.6 is 0 Å². The van der Waals surface area contributed by atoms with Gasteiger partial charge >= 0.3 is 18.5 Å². The summed E-state index contributed by atoms with van der Waals surface area (Å²) < 4.78 is 114. The van der Waals surface area contributed by atoms with E-state index >= 15 is 0 Å². The van der Waals surface area contributed by atoms with E-state index in [0.29, 0.717) is 44.4 Å². The van der Waals surface area contributed by atoms with Crippen molar-refractivity contribution in [3.05, 3.63) is 34.9 Å². The molecule has 1 aromatic rings. The summed E-state index contributed by atoms with van der Waals surface area (Å²) in [4.78, 5) is 23.6. The van der Waals surface area contributed by atoms with Crippen molar-refractivity contribution in [2.45, 2.75) is 63.1 Å². The van der Waals surface area contributed by atoms with E-state index < -0.39 is 59.9 Å². The standard InChI is InChI=1S/C22H26F9N3O2/c23-20(24,25)6-5-18(35)33-8-7-32-17-3-1-13(2-4-17)12-34-19(36)14-9-15(21(26,27)28)11-16(10-14)22(29,30)31/h9-11,13,17,32H,1-8,12H2,(H,33,35)(H,34,36)/t13-,17-. The van der Waals surface area contributed by atoms with Gasteiger partial charge in [-0.2, -0.15) is 39.5 Å². The van der Waals surface area contributed by atoms with Crippen LogP contribution < -0.4 is 16.0 Å². The number of hydrogen-bond donors (Lipinski definition) is 3. The van der Waals surface area contributed by atoms with Gasteiger partial charge in [0.15, 0.2) is 0 Å². The number of nitrogens with one attached hydrogen (secondary N) is 3. The molecule has 204 valence electrons. The maximum absolute atomic E-state index is 13.0. The molecule has 14 heteroatoms. The summed E-state index contributed by atoms with van der Waals surface area (Å²) in [7, 11) is 0. The van der Waals surface area contributed by atoms with E-state index in [4.69, 9.17) is 0 Å². The van der Waals surface area contributed by atoms with Gasteiger partial charge in [0.1, 0.15) is 0 Å². The molecule has 3 N–H and O–H groups in total. The largest absolute Gasteiger partial charge is 0.416 e. The number of rotatable bonds is 9. The first kappa shape index (κ1) is 29.7. The molecule has 0 saturated heterocycles. The summed E-state index contributed by atoms with van der Waals surface area (Å²) in [6.45, 7) is 0.586. The van der Waals surface area contributed by atoms with Crippen molar-refractivity contribution in [2.24, 2.45) is 5.92 Å². The molecular formula is C22H26F9N3O2. The van der Waals surface area contributed by atoms with Crippen molar-refractivity contribution in [2.75, 3.05) is 19.6 Å². The van der Waals surface area contributed by atoms with Crippen molar-refractivity contribution in [3.63, 3.8) is 0 Å². The maximum atomic E-state index is 13.0. The predicted octanol–water partition coefficient (Wildman–Crippen LogP) is 5.06. The van der Waals surface area contributed by atoms with Crippen LogP contribution in [0.3, 0.4) is 0 Å². The second-order valence-electron chi connectivity index (χ2n) is 8.64. The molecule has 1 fully saturated rings. The van der Waals surface area contributed by atoms with Gasteiger partial charge in [0.25, 0.3) is 5.91 Å². The Morgan fingerprint density at radius 2 is 1.33 bits per heavy atom. The molecule has 2 amide bonds. The fourth-order valence-corrected chi connectivity index (χ4v) is 3.82. The Labute approximate surface area is 201 Å². The zero-order chi connectivity index (χ0) is 27.1. The summed E-state index contributed by atoms with van der Waals surface area (Å²) in [6.07, 6.45) is -13.7. The SMILES string of the molecule is O=C(CCC(F)(F)F)NCCN[C@H]1CC[C@H](CNC(=O)c2cc(C(F)(F)F)cc(C(F)(F)F)c2)CC1. The molecule has 1 saturated carbocycles. The first-order valence-electron chi connectivity index (χ1n) is 11.2. The lowest BCUT2D eigenvalue weighted by molar-refractivity contribution is -0.144. The van der Waals surface area contributed by atoms with E-state index in [-0.39, 0.29) is 31.1 Å². The summed E-state index contributed by atoms with van der Waals surface area (Å²) in [5.41, 5.74) is -3.86. The van der Waals surface area contributed by atoms with Crippen LogP contribution in [0, 0.1) is 5.92 Å². The van der Waals surface area contributed by atoms with Crippen LogP contribution in [-0.4, -0.2) is 43.7 Å². The Hall–Kier alpha value is -2.51. The first-order chi connectivity index (χ1) is 16.5. The Morgan fingerprint density at radius 3 is 1.83 bits per heavy atom. The third kappa shape index (κ3) is 10.2. The summed E-state index contributed by atoms with van der Waals surface area (Å²) in [5.74, 6) is -1.76. The molecule has 0 unspecified atom stereocenters. The van der Waals surface area contributed by atoms with Crippen LogP contribution in [-0.2, 0) is 17.1 Å². The van der Waals surface area contributed by atoms with Gasteiger partial charge in [0, 0.05) is 37.7 Å². The topological polar surface area (TPSA) is 70.2 Å². The van der Waals surface area contributed by atoms with Crippen LogP contribution in [0.25, 0.3) is 0 Å². The van der Waals surface area contributed by atoms with E-state index in [0.717, 1.165) is 0 Å². The van der Waals surface area contributed by atoms with Crippen LogP contribution in [0.15, 0.2) is 18.2 Å². The lowest BCUT2D eigenvalue weighted by atomic mass is 9.86. The minimum atomic E-state index is -5.05. The quantitative estimate of drug-likeness (QED) is 0.306. The number of carbonyl (C=O) groups is 2. The fourth-order valence-electron chi connectivity index (χ4n) is 3.82. The van der Waals surface area contributed by atoms with Crippen molar-refractivity contribution in [3.8, 4) is 0 Å². The van der Waals surface area contributed by atoms with Gasteiger partial charge in [-0.1, -0.05) is 0 Å². The van der Waals surface area contributed by atoms with Gasteiger partial charge in [-0.3, -0.25) is 9.59 Å². The average Bonchev–Trinajstić information content (AvgIpc) is 2.77. The second kappa shape index (κ2) is 12.2. The van der Waals surface area contributed by atoms with Crippen LogP contribution in [0.1, 0.15) is 60.0 Å².